The van der Waals surface area contributed by atoms with Gasteiger partial charge in [0, 0.05) is 5.92 Å². The zero-order chi connectivity index (χ0) is 15.2. The number of hydrogen-bond acceptors (Lipinski definition) is 4. The molecule has 0 radical (unpaired) electrons. The lowest BCUT2D eigenvalue weighted by Crippen LogP contribution is -2.20. The first-order valence-electron chi connectivity index (χ1n) is 6.65. The van der Waals surface area contributed by atoms with Crippen molar-refractivity contribution in [2.24, 2.45) is 0 Å². The third kappa shape index (κ3) is 4.08. The van der Waals surface area contributed by atoms with Gasteiger partial charge in [-0.05, 0) is 35.4 Å². The van der Waals surface area contributed by atoms with Crippen LogP contribution in [0.25, 0.3) is 6.08 Å². The van der Waals surface area contributed by atoms with E-state index in [2.05, 4.69) is 0 Å². The second kappa shape index (κ2) is 6.92. The predicted octanol–water partition coefficient (Wildman–Crippen LogP) is 2.25. The minimum absolute atomic E-state index is 0.151. The van der Waals surface area contributed by atoms with Gasteiger partial charge in [-0.25, -0.2) is 0 Å². The summed E-state index contributed by atoms with van der Waals surface area (Å²) in [5, 5.41) is 37.7. The average molecular weight is 286 g/mol. The van der Waals surface area contributed by atoms with Crippen LogP contribution in [0.1, 0.15) is 17.0 Å². The van der Waals surface area contributed by atoms with Crippen LogP contribution in [0.5, 0.6) is 11.5 Å². The summed E-state index contributed by atoms with van der Waals surface area (Å²) in [7, 11) is 0. The summed E-state index contributed by atoms with van der Waals surface area (Å²) in [6.45, 7) is -0.356. The molecule has 0 heterocycles. The van der Waals surface area contributed by atoms with Gasteiger partial charge in [-0.15, -0.1) is 0 Å². The molecule has 0 saturated heterocycles. The van der Waals surface area contributed by atoms with Crippen molar-refractivity contribution >= 4 is 6.08 Å². The van der Waals surface area contributed by atoms with Crippen molar-refractivity contribution in [3.8, 4) is 11.5 Å². The van der Waals surface area contributed by atoms with Crippen molar-refractivity contribution in [3.63, 3.8) is 0 Å². The van der Waals surface area contributed by atoms with Crippen molar-refractivity contribution in [2.75, 3.05) is 6.61 Å². The molecular formula is C17H18O4. The molecule has 0 amide bonds. The van der Waals surface area contributed by atoms with Crippen molar-refractivity contribution in [1.29, 1.82) is 0 Å². The van der Waals surface area contributed by atoms with Crippen LogP contribution in [-0.4, -0.2) is 33.1 Å². The highest BCUT2D eigenvalue weighted by Crippen LogP contribution is 2.25. The standard InChI is InChI=1S/C17H18O4/c18-11-17(21)16(13-4-8-15(20)9-5-13)10-3-12-1-6-14(19)7-2-12/h1-10,16-21H,11H2/b10-3+/t16-,17?/m0/s1. The Bertz CT molecular complexity index is 587. The molecule has 2 aromatic rings. The topological polar surface area (TPSA) is 80.9 Å². The number of aromatic hydroxyl groups is 2. The van der Waals surface area contributed by atoms with Gasteiger partial charge in [-0.2, -0.15) is 0 Å². The smallest absolute Gasteiger partial charge is 0.115 e. The highest BCUT2D eigenvalue weighted by Gasteiger charge is 2.17. The minimum atomic E-state index is -0.928. The SMILES string of the molecule is OCC(O)[C@@H](/C=C/c1ccc(O)cc1)c1ccc(O)cc1. The van der Waals surface area contributed by atoms with E-state index >= 15 is 0 Å². The molecule has 110 valence electrons. The molecule has 0 fully saturated rings. The Balaban J connectivity index is 2.24. The molecule has 4 heteroatoms. The maximum absolute atomic E-state index is 9.96. The first kappa shape index (κ1) is 15.1. The average Bonchev–Trinajstić information content (AvgIpc) is 2.50. The van der Waals surface area contributed by atoms with E-state index in [4.69, 9.17) is 0 Å². The summed E-state index contributed by atoms with van der Waals surface area (Å²) >= 11 is 0. The van der Waals surface area contributed by atoms with Crippen LogP contribution in [-0.2, 0) is 0 Å². The number of phenols is 2. The fraction of sp³-hybridized carbons (Fsp3) is 0.176. The molecule has 0 bridgehead atoms. The van der Waals surface area contributed by atoms with Gasteiger partial charge in [0.25, 0.3) is 0 Å². The molecule has 4 nitrogen and oxygen atoms in total. The summed E-state index contributed by atoms with van der Waals surface area (Å²) in [4.78, 5) is 0. The normalized spacial score (nSPS) is 14.2. The van der Waals surface area contributed by atoms with Gasteiger partial charge in [-0.1, -0.05) is 36.4 Å². The maximum atomic E-state index is 9.96. The number of hydrogen-bond donors (Lipinski definition) is 4. The number of aliphatic hydroxyl groups excluding tert-OH is 2. The number of aliphatic hydroxyl groups is 2. The van der Waals surface area contributed by atoms with Gasteiger partial charge in [0.05, 0.1) is 12.7 Å². The van der Waals surface area contributed by atoms with Crippen LogP contribution < -0.4 is 0 Å². The van der Waals surface area contributed by atoms with Gasteiger partial charge >= 0.3 is 0 Å². The van der Waals surface area contributed by atoms with Crippen LogP contribution >= 0.6 is 0 Å². The van der Waals surface area contributed by atoms with Crippen LogP contribution in [0, 0.1) is 0 Å². The zero-order valence-electron chi connectivity index (χ0n) is 11.4. The molecule has 0 aliphatic rings. The second-order valence-corrected chi connectivity index (χ2v) is 4.82. The highest BCUT2D eigenvalue weighted by molar-refractivity contribution is 5.52. The third-order valence-electron chi connectivity index (χ3n) is 3.27. The van der Waals surface area contributed by atoms with Crippen molar-refractivity contribution in [1.82, 2.24) is 0 Å². The van der Waals surface area contributed by atoms with E-state index in [0.29, 0.717) is 0 Å². The molecule has 0 aliphatic heterocycles. The molecule has 4 N–H and O–H groups in total. The van der Waals surface area contributed by atoms with Gasteiger partial charge in [-0.3, -0.25) is 0 Å². The Kier molecular flexibility index (Phi) is 4.98. The van der Waals surface area contributed by atoms with Gasteiger partial charge in [0.2, 0.25) is 0 Å². The number of benzene rings is 2. The minimum Gasteiger partial charge on any atom is -0.508 e. The zero-order valence-corrected chi connectivity index (χ0v) is 11.4. The van der Waals surface area contributed by atoms with Crippen LogP contribution in [0.2, 0.25) is 0 Å². The largest absolute Gasteiger partial charge is 0.508 e. The Morgan fingerprint density at radius 2 is 1.38 bits per heavy atom. The molecule has 0 spiro atoms. The molecule has 0 saturated carbocycles. The van der Waals surface area contributed by atoms with Crippen molar-refractivity contribution in [3.05, 3.63) is 65.7 Å². The summed E-state index contributed by atoms with van der Waals surface area (Å²) < 4.78 is 0. The van der Waals surface area contributed by atoms with Crippen LogP contribution in [0.15, 0.2) is 54.6 Å². The van der Waals surface area contributed by atoms with E-state index < -0.39 is 6.10 Å². The number of phenolic OH excluding ortho intramolecular Hbond substituents is 2. The summed E-state index contributed by atoms with van der Waals surface area (Å²) in [5.74, 6) is -0.0412. The molecular weight excluding hydrogens is 268 g/mol. The Morgan fingerprint density at radius 1 is 0.857 bits per heavy atom. The summed E-state index contributed by atoms with van der Waals surface area (Å²) in [6.07, 6.45) is 2.68. The second-order valence-electron chi connectivity index (χ2n) is 4.82. The van der Waals surface area contributed by atoms with E-state index in [-0.39, 0.29) is 24.0 Å². The van der Waals surface area contributed by atoms with Crippen molar-refractivity contribution in [2.45, 2.75) is 12.0 Å². The van der Waals surface area contributed by atoms with Crippen LogP contribution in [0.4, 0.5) is 0 Å². The van der Waals surface area contributed by atoms with Gasteiger partial charge in [0.15, 0.2) is 0 Å². The summed E-state index contributed by atoms with van der Waals surface area (Å²) in [5.41, 5.74) is 1.67. The van der Waals surface area contributed by atoms with E-state index in [1.54, 1.807) is 54.6 Å². The molecule has 2 atom stereocenters. The molecule has 2 aromatic carbocycles. The highest BCUT2D eigenvalue weighted by atomic mass is 16.3. The first-order chi connectivity index (χ1) is 10.1. The van der Waals surface area contributed by atoms with Crippen LogP contribution in [0.3, 0.4) is 0 Å². The molecule has 1 unspecified atom stereocenters. The molecule has 2 rings (SSSR count). The Morgan fingerprint density at radius 3 is 1.90 bits per heavy atom. The Hall–Kier alpha value is -2.30. The lowest BCUT2D eigenvalue weighted by molar-refractivity contribution is 0.0842. The monoisotopic (exact) mass is 286 g/mol. The maximum Gasteiger partial charge on any atom is 0.115 e. The quantitative estimate of drug-likeness (QED) is 0.679. The lowest BCUT2D eigenvalue weighted by Gasteiger charge is -2.18. The molecule has 21 heavy (non-hydrogen) atoms. The Labute approximate surface area is 123 Å². The predicted molar refractivity (Wildman–Crippen MR) is 81.1 cm³/mol. The molecule has 0 aromatic heterocycles. The lowest BCUT2D eigenvalue weighted by atomic mass is 9.92. The molecule has 0 aliphatic carbocycles. The van der Waals surface area contributed by atoms with E-state index in [9.17, 15) is 20.4 Å². The van der Waals surface area contributed by atoms with Crippen molar-refractivity contribution < 1.29 is 20.4 Å². The van der Waals surface area contributed by atoms with Gasteiger partial charge < -0.3 is 20.4 Å². The first-order valence-corrected chi connectivity index (χ1v) is 6.65. The summed E-state index contributed by atoms with van der Waals surface area (Å²) in [6, 6.07) is 13.2. The van der Waals surface area contributed by atoms with Gasteiger partial charge in [0.1, 0.15) is 11.5 Å². The van der Waals surface area contributed by atoms with E-state index in [0.717, 1.165) is 11.1 Å². The fourth-order valence-electron chi connectivity index (χ4n) is 2.07. The fourth-order valence-corrected chi connectivity index (χ4v) is 2.07. The van der Waals surface area contributed by atoms with E-state index in [1.807, 2.05) is 6.08 Å². The van der Waals surface area contributed by atoms with E-state index in [1.165, 1.54) is 0 Å². The third-order valence-corrected chi connectivity index (χ3v) is 3.27. The number of rotatable bonds is 5.